The number of hydrogen-bond acceptors (Lipinski definition) is 3. The molecule has 1 aromatic heterocycles. The van der Waals surface area contributed by atoms with E-state index >= 15 is 0 Å². The molecule has 0 fully saturated rings. The molecule has 0 spiro atoms. The van der Waals surface area contributed by atoms with Gasteiger partial charge in [-0.05, 0) is 6.07 Å². The molecule has 0 atom stereocenters. The molecule has 5 nitrogen and oxygen atoms in total. The van der Waals surface area contributed by atoms with Gasteiger partial charge in [-0.3, -0.25) is 4.79 Å². The summed E-state index contributed by atoms with van der Waals surface area (Å²) in [6, 6.07) is 2.45. The van der Waals surface area contributed by atoms with Crippen molar-refractivity contribution in [3.05, 3.63) is 41.3 Å². The zero-order valence-electron chi connectivity index (χ0n) is 8.30. The Morgan fingerprint density at radius 1 is 1.53 bits per heavy atom. The third kappa shape index (κ3) is 2.54. The highest BCUT2D eigenvalue weighted by atomic mass is 32.2. The lowest BCUT2D eigenvalue weighted by atomic mass is 10.5. The first-order valence-electron chi connectivity index (χ1n) is 4.24. The molecule has 0 unspecified atom stereocenters. The van der Waals surface area contributed by atoms with Crippen LogP contribution >= 0.6 is 0 Å². The van der Waals surface area contributed by atoms with Crippen molar-refractivity contribution < 1.29 is 8.42 Å². The molecule has 0 aliphatic carbocycles. The molecule has 0 bridgehead atoms. The van der Waals surface area contributed by atoms with Gasteiger partial charge in [0.25, 0.3) is 0 Å². The van der Waals surface area contributed by atoms with Crippen LogP contribution in [-0.4, -0.2) is 31.3 Å². The number of rotatable bonds is 4. The summed E-state index contributed by atoms with van der Waals surface area (Å²) >= 11 is 0. The fraction of sp³-hybridized carbons (Fsp3) is 0.222. The van der Waals surface area contributed by atoms with Gasteiger partial charge in [-0.15, -0.1) is 6.58 Å². The average molecular weight is 228 g/mol. The molecule has 6 heteroatoms. The molecular weight excluding hydrogens is 216 g/mol. The van der Waals surface area contributed by atoms with Crippen LogP contribution in [0.2, 0.25) is 0 Å². The minimum Gasteiger partial charge on any atom is -0.328 e. The number of hydrogen-bond donors (Lipinski definition) is 1. The van der Waals surface area contributed by atoms with Crippen LogP contribution in [0, 0.1) is 0 Å². The highest BCUT2D eigenvalue weighted by Crippen LogP contribution is 2.10. The SMILES string of the molecule is C=CCN(C)S(=O)(=O)c1ccc(=O)[nH]c1. The molecule has 15 heavy (non-hydrogen) atoms. The molecule has 1 rings (SSSR count). The van der Waals surface area contributed by atoms with E-state index in [1.165, 1.54) is 31.5 Å². The first-order valence-corrected chi connectivity index (χ1v) is 5.68. The van der Waals surface area contributed by atoms with Crippen molar-refractivity contribution in [2.45, 2.75) is 4.90 Å². The minimum absolute atomic E-state index is 0.0615. The minimum atomic E-state index is -3.53. The number of nitrogens with one attached hydrogen (secondary N) is 1. The average Bonchev–Trinajstić information content (AvgIpc) is 2.18. The van der Waals surface area contributed by atoms with E-state index in [0.29, 0.717) is 0 Å². The van der Waals surface area contributed by atoms with Crippen molar-refractivity contribution in [1.82, 2.24) is 9.29 Å². The van der Waals surface area contributed by atoms with Crippen LogP contribution in [0.25, 0.3) is 0 Å². The number of nitrogens with zero attached hydrogens (tertiary/aromatic N) is 1. The molecule has 0 aliphatic heterocycles. The number of H-pyrrole nitrogens is 1. The number of pyridine rings is 1. The maximum atomic E-state index is 11.8. The van der Waals surface area contributed by atoms with Gasteiger partial charge in [-0.2, -0.15) is 4.31 Å². The number of aromatic amines is 1. The van der Waals surface area contributed by atoms with Crippen molar-refractivity contribution in [1.29, 1.82) is 0 Å². The summed E-state index contributed by atoms with van der Waals surface area (Å²) < 4.78 is 24.7. The van der Waals surface area contributed by atoms with E-state index in [2.05, 4.69) is 11.6 Å². The summed E-state index contributed by atoms with van der Waals surface area (Å²) in [6.45, 7) is 3.68. The summed E-state index contributed by atoms with van der Waals surface area (Å²) in [5, 5.41) is 0. The van der Waals surface area contributed by atoms with Gasteiger partial charge >= 0.3 is 0 Å². The van der Waals surface area contributed by atoms with Crippen LogP contribution in [0.15, 0.2) is 40.7 Å². The van der Waals surface area contributed by atoms with E-state index in [9.17, 15) is 13.2 Å². The molecule has 0 aliphatic rings. The summed E-state index contributed by atoms with van der Waals surface area (Å²) in [6.07, 6.45) is 2.67. The molecule has 0 saturated heterocycles. The van der Waals surface area contributed by atoms with Crippen LogP contribution < -0.4 is 5.56 Å². The zero-order valence-corrected chi connectivity index (χ0v) is 9.12. The smallest absolute Gasteiger partial charge is 0.247 e. The number of aromatic nitrogens is 1. The molecule has 1 aromatic rings. The van der Waals surface area contributed by atoms with Crippen LogP contribution in [0.5, 0.6) is 0 Å². The van der Waals surface area contributed by atoms with Gasteiger partial charge in [0.1, 0.15) is 0 Å². The Labute approximate surface area is 88.1 Å². The number of sulfonamides is 1. The third-order valence-electron chi connectivity index (χ3n) is 1.85. The van der Waals surface area contributed by atoms with Gasteiger partial charge in [-0.1, -0.05) is 6.08 Å². The molecule has 0 saturated carbocycles. The first-order chi connectivity index (χ1) is 6.98. The van der Waals surface area contributed by atoms with Crippen LogP contribution in [0.1, 0.15) is 0 Å². The van der Waals surface area contributed by atoms with E-state index in [-0.39, 0.29) is 17.0 Å². The summed E-state index contributed by atoms with van der Waals surface area (Å²) in [7, 11) is -2.08. The van der Waals surface area contributed by atoms with E-state index in [1.54, 1.807) is 0 Å². The van der Waals surface area contributed by atoms with Crippen LogP contribution in [0.4, 0.5) is 0 Å². The van der Waals surface area contributed by atoms with Gasteiger partial charge in [0.2, 0.25) is 15.6 Å². The molecule has 1 heterocycles. The largest absolute Gasteiger partial charge is 0.328 e. The second-order valence-corrected chi connectivity index (χ2v) is 5.01. The Hall–Kier alpha value is -1.40. The molecule has 1 N–H and O–H groups in total. The fourth-order valence-electron chi connectivity index (χ4n) is 1.02. The highest BCUT2D eigenvalue weighted by Gasteiger charge is 2.19. The van der Waals surface area contributed by atoms with Crippen LogP contribution in [-0.2, 0) is 10.0 Å². The Bertz CT molecular complexity index is 484. The van der Waals surface area contributed by atoms with Crippen molar-refractivity contribution in [2.75, 3.05) is 13.6 Å². The lowest BCUT2D eigenvalue weighted by molar-refractivity contribution is 0.499. The summed E-state index contributed by atoms with van der Waals surface area (Å²) in [5.74, 6) is 0. The van der Waals surface area contributed by atoms with Gasteiger partial charge in [-0.25, -0.2) is 8.42 Å². The second kappa shape index (κ2) is 4.41. The van der Waals surface area contributed by atoms with Gasteiger partial charge in [0.15, 0.2) is 0 Å². The molecule has 0 aromatic carbocycles. The zero-order chi connectivity index (χ0) is 11.5. The normalized spacial score (nSPS) is 11.6. The van der Waals surface area contributed by atoms with Crippen molar-refractivity contribution in [2.24, 2.45) is 0 Å². The van der Waals surface area contributed by atoms with Crippen molar-refractivity contribution in [3.8, 4) is 0 Å². The summed E-state index contributed by atoms with van der Waals surface area (Å²) in [4.78, 5) is 13.1. The molecule has 0 radical (unpaired) electrons. The van der Waals surface area contributed by atoms with E-state index in [1.807, 2.05) is 0 Å². The van der Waals surface area contributed by atoms with E-state index < -0.39 is 10.0 Å². The maximum Gasteiger partial charge on any atom is 0.247 e. The van der Waals surface area contributed by atoms with Crippen molar-refractivity contribution >= 4 is 10.0 Å². The predicted octanol–water partition coefficient (Wildman–Crippen LogP) is 0.181. The Kier molecular flexibility index (Phi) is 3.43. The summed E-state index contributed by atoms with van der Waals surface area (Å²) in [5.41, 5.74) is -0.333. The molecule has 82 valence electrons. The van der Waals surface area contributed by atoms with Gasteiger partial charge in [0, 0.05) is 25.9 Å². The first kappa shape index (κ1) is 11.7. The second-order valence-electron chi connectivity index (χ2n) is 2.96. The maximum absolute atomic E-state index is 11.8. The Morgan fingerprint density at radius 3 is 2.67 bits per heavy atom. The lowest BCUT2D eigenvalue weighted by Crippen LogP contribution is -2.27. The predicted molar refractivity (Wildman–Crippen MR) is 57.1 cm³/mol. The third-order valence-corrected chi connectivity index (χ3v) is 3.67. The van der Waals surface area contributed by atoms with Gasteiger partial charge in [0.05, 0.1) is 4.90 Å². The quantitative estimate of drug-likeness (QED) is 0.747. The standard InChI is InChI=1S/C9H12N2O3S/c1-3-6-11(2)15(13,14)8-4-5-9(12)10-7-8/h3-5,7H,1,6H2,2H3,(H,10,12). The molecular formula is C9H12N2O3S. The Morgan fingerprint density at radius 2 is 2.20 bits per heavy atom. The monoisotopic (exact) mass is 228 g/mol. The van der Waals surface area contributed by atoms with Crippen LogP contribution in [0.3, 0.4) is 0 Å². The fourth-order valence-corrected chi connectivity index (χ4v) is 2.13. The van der Waals surface area contributed by atoms with E-state index in [0.717, 1.165) is 4.31 Å². The Balaban J connectivity index is 3.11. The highest BCUT2D eigenvalue weighted by molar-refractivity contribution is 7.89. The van der Waals surface area contributed by atoms with Gasteiger partial charge < -0.3 is 4.98 Å². The van der Waals surface area contributed by atoms with E-state index in [4.69, 9.17) is 0 Å². The lowest BCUT2D eigenvalue weighted by Gasteiger charge is -2.14. The van der Waals surface area contributed by atoms with Crippen molar-refractivity contribution in [3.63, 3.8) is 0 Å². The topological polar surface area (TPSA) is 70.2 Å². The molecule has 0 amide bonds. The number of likely N-dealkylation sites (N-methyl/N-ethyl adjacent to an activating group) is 1.